The Bertz CT molecular complexity index is 624. The molecule has 1 aliphatic rings. The van der Waals surface area contributed by atoms with Gasteiger partial charge in [-0.15, -0.1) is 0 Å². The predicted octanol–water partition coefficient (Wildman–Crippen LogP) is 3.61. The summed E-state index contributed by atoms with van der Waals surface area (Å²) >= 11 is 6.11. The highest BCUT2D eigenvalue weighted by Crippen LogP contribution is 2.40. The Morgan fingerprint density at radius 3 is 2.75 bits per heavy atom. The van der Waals surface area contributed by atoms with E-state index in [1.54, 1.807) is 6.07 Å². The number of aromatic nitrogens is 1. The topological polar surface area (TPSA) is 61.3 Å². The maximum atomic E-state index is 13.2. The predicted molar refractivity (Wildman–Crippen MR) is 74.1 cm³/mol. The van der Waals surface area contributed by atoms with Gasteiger partial charge < -0.3 is 15.0 Å². The number of nitrogen functional groups attached to an aromatic ring is 1. The van der Waals surface area contributed by atoms with Gasteiger partial charge in [0.2, 0.25) is 5.88 Å². The largest absolute Gasteiger partial charge is 0.381 e. The van der Waals surface area contributed by atoms with Crippen LogP contribution in [0, 0.1) is 5.82 Å². The van der Waals surface area contributed by atoms with Gasteiger partial charge in [-0.3, -0.25) is 0 Å². The Labute approximate surface area is 120 Å². The number of hydrogen-bond acceptors (Lipinski definition) is 4. The molecule has 3 rings (SSSR count). The van der Waals surface area contributed by atoms with Crippen LogP contribution in [0.2, 0.25) is 5.02 Å². The van der Waals surface area contributed by atoms with E-state index >= 15 is 0 Å². The first-order valence-corrected chi connectivity index (χ1v) is 6.83. The van der Waals surface area contributed by atoms with Crippen molar-refractivity contribution in [3.05, 3.63) is 34.7 Å². The van der Waals surface area contributed by atoms with E-state index < -0.39 is 0 Å². The van der Waals surface area contributed by atoms with Crippen molar-refractivity contribution in [3.63, 3.8) is 0 Å². The van der Waals surface area contributed by atoms with Crippen LogP contribution in [-0.4, -0.2) is 18.4 Å². The van der Waals surface area contributed by atoms with Gasteiger partial charge >= 0.3 is 0 Å². The molecule has 106 valence electrons. The van der Waals surface area contributed by atoms with Crippen molar-refractivity contribution in [3.8, 4) is 11.1 Å². The lowest BCUT2D eigenvalue weighted by molar-refractivity contribution is 0.0839. The third kappa shape index (κ3) is 2.39. The Kier molecular flexibility index (Phi) is 3.63. The van der Waals surface area contributed by atoms with Gasteiger partial charge in [0.05, 0.1) is 16.3 Å². The lowest BCUT2D eigenvalue weighted by Crippen LogP contribution is -2.15. The molecule has 0 saturated carbocycles. The van der Waals surface area contributed by atoms with Crippen LogP contribution < -0.4 is 5.73 Å². The van der Waals surface area contributed by atoms with Crippen LogP contribution in [0.3, 0.4) is 0 Å². The number of anilines is 1. The summed E-state index contributed by atoms with van der Waals surface area (Å²) in [5, 5.41) is 4.37. The molecule has 1 saturated heterocycles. The average Bonchev–Trinajstić information content (AvgIpc) is 2.82. The maximum Gasteiger partial charge on any atom is 0.230 e. The molecule has 0 aliphatic carbocycles. The van der Waals surface area contributed by atoms with Gasteiger partial charge in [0, 0.05) is 24.7 Å². The number of rotatable bonds is 2. The van der Waals surface area contributed by atoms with Gasteiger partial charge in [-0.25, -0.2) is 4.39 Å². The second kappa shape index (κ2) is 5.42. The SMILES string of the molecule is Nc1onc(C2CCOCC2)c1-c1ccc(F)cc1Cl. The van der Waals surface area contributed by atoms with Crippen molar-refractivity contribution in [2.75, 3.05) is 18.9 Å². The molecule has 1 fully saturated rings. The molecule has 6 heteroatoms. The van der Waals surface area contributed by atoms with Crippen LogP contribution in [0.1, 0.15) is 24.5 Å². The van der Waals surface area contributed by atoms with E-state index in [1.165, 1.54) is 12.1 Å². The standard InChI is InChI=1S/C14H14ClFN2O2/c15-11-7-9(16)1-2-10(11)12-13(18-20-14(12)17)8-3-5-19-6-4-8/h1-2,7-8H,3-6,17H2. The normalized spacial score (nSPS) is 16.5. The molecule has 20 heavy (non-hydrogen) atoms. The minimum Gasteiger partial charge on any atom is -0.381 e. The summed E-state index contributed by atoms with van der Waals surface area (Å²) in [4.78, 5) is 0. The minimum atomic E-state index is -0.388. The molecule has 0 bridgehead atoms. The number of ether oxygens (including phenoxy) is 1. The number of benzene rings is 1. The van der Waals surface area contributed by atoms with Crippen LogP contribution in [-0.2, 0) is 4.74 Å². The highest BCUT2D eigenvalue weighted by Gasteiger charge is 2.26. The van der Waals surface area contributed by atoms with Gasteiger partial charge in [-0.1, -0.05) is 16.8 Å². The van der Waals surface area contributed by atoms with Crippen molar-refractivity contribution >= 4 is 17.5 Å². The first-order valence-electron chi connectivity index (χ1n) is 6.45. The smallest absolute Gasteiger partial charge is 0.230 e. The monoisotopic (exact) mass is 296 g/mol. The van der Waals surface area contributed by atoms with Crippen LogP contribution >= 0.6 is 11.6 Å². The summed E-state index contributed by atoms with van der Waals surface area (Å²) in [6, 6.07) is 4.21. The summed E-state index contributed by atoms with van der Waals surface area (Å²) in [5.41, 5.74) is 7.97. The Morgan fingerprint density at radius 1 is 1.30 bits per heavy atom. The zero-order valence-corrected chi connectivity index (χ0v) is 11.5. The molecular weight excluding hydrogens is 283 g/mol. The quantitative estimate of drug-likeness (QED) is 0.919. The first kappa shape index (κ1) is 13.4. The fraction of sp³-hybridized carbons (Fsp3) is 0.357. The zero-order valence-electron chi connectivity index (χ0n) is 10.7. The van der Waals surface area contributed by atoms with Gasteiger partial charge in [0.15, 0.2) is 0 Å². The number of halogens is 2. The molecule has 2 heterocycles. The molecule has 1 aromatic carbocycles. The van der Waals surface area contributed by atoms with Crippen LogP contribution in [0.25, 0.3) is 11.1 Å². The third-order valence-electron chi connectivity index (χ3n) is 3.55. The number of nitrogens with two attached hydrogens (primary N) is 1. The molecule has 0 spiro atoms. The Hall–Kier alpha value is -1.59. The summed E-state index contributed by atoms with van der Waals surface area (Å²) in [5.74, 6) is 0.0438. The molecule has 2 N–H and O–H groups in total. The van der Waals surface area contributed by atoms with Crippen LogP contribution in [0.4, 0.5) is 10.3 Å². The molecule has 0 amide bonds. The first-order chi connectivity index (χ1) is 9.66. The van der Waals surface area contributed by atoms with Crippen LogP contribution in [0.15, 0.2) is 22.7 Å². The van der Waals surface area contributed by atoms with E-state index in [2.05, 4.69) is 5.16 Å². The molecule has 1 aromatic heterocycles. The van der Waals surface area contributed by atoms with E-state index in [0.29, 0.717) is 29.4 Å². The van der Waals surface area contributed by atoms with Gasteiger partial charge in [0.1, 0.15) is 5.82 Å². The minimum absolute atomic E-state index is 0.208. The highest BCUT2D eigenvalue weighted by atomic mass is 35.5. The summed E-state index contributed by atoms with van der Waals surface area (Å²) < 4.78 is 23.6. The maximum absolute atomic E-state index is 13.2. The molecule has 0 unspecified atom stereocenters. The fourth-order valence-electron chi connectivity index (χ4n) is 2.53. The van der Waals surface area contributed by atoms with E-state index in [1.807, 2.05) is 0 Å². The number of nitrogens with zero attached hydrogens (tertiary/aromatic N) is 1. The lowest BCUT2D eigenvalue weighted by atomic mass is 9.91. The molecule has 0 radical (unpaired) electrons. The van der Waals surface area contributed by atoms with E-state index in [-0.39, 0.29) is 17.6 Å². The molecular formula is C14H14ClFN2O2. The summed E-state index contributed by atoms with van der Waals surface area (Å²) in [7, 11) is 0. The van der Waals surface area contributed by atoms with Crippen molar-refractivity contribution in [1.29, 1.82) is 0 Å². The summed E-state index contributed by atoms with van der Waals surface area (Å²) in [6.07, 6.45) is 1.72. The third-order valence-corrected chi connectivity index (χ3v) is 3.87. The lowest BCUT2D eigenvalue weighted by Gasteiger charge is -2.21. The fourth-order valence-corrected chi connectivity index (χ4v) is 2.79. The second-order valence-corrected chi connectivity index (χ2v) is 5.23. The number of hydrogen-bond donors (Lipinski definition) is 1. The van der Waals surface area contributed by atoms with Crippen molar-refractivity contribution in [2.45, 2.75) is 18.8 Å². The van der Waals surface area contributed by atoms with Crippen molar-refractivity contribution in [1.82, 2.24) is 5.16 Å². The van der Waals surface area contributed by atoms with Gasteiger partial charge in [-0.2, -0.15) is 0 Å². The molecule has 0 atom stereocenters. The highest BCUT2D eigenvalue weighted by molar-refractivity contribution is 6.33. The van der Waals surface area contributed by atoms with E-state index in [9.17, 15) is 4.39 Å². The second-order valence-electron chi connectivity index (χ2n) is 4.82. The Balaban J connectivity index is 2.06. The molecule has 2 aromatic rings. The zero-order chi connectivity index (χ0) is 14.1. The van der Waals surface area contributed by atoms with Crippen LogP contribution in [0.5, 0.6) is 0 Å². The van der Waals surface area contributed by atoms with Crippen molar-refractivity contribution < 1.29 is 13.7 Å². The molecule has 4 nitrogen and oxygen atoms in total. The summed E-state index contributed by atoms with van der Waals surface area (Å²) in [6.45, 7) is 1.38. The molecule has 1 aliphatic heterocycles. The van der Waals surface area contributed by atoms with Crippen molar-refractivity contribution in [2.24, 2.45) is 0 Å². The average molecular weight is 297 g/mol. The Morgan fingerprint density at radius 2 is 2.05 bits per heavy atom. The van der Waals surface area contributed by atoms with E-state index in [0.717, 1.165) is 18.5 Å². The van der Waals surface area contributed by atoms with E-state index in [4.69, 9.17) is 26.6 Å². The van der Waals surface area contributed by atoms with Gasteiger partial charge in [0.25, 0.3) is 0 Å². The van der Waals surface area contributed by atoms with Gasteiger partial charge in [-0.05, 0) is 31.0 Å².